The quantitative estimate of drug-likeness (QED) is 0.796. The molecule has 3 rings (SSSR count). The van der Waals surface area contributed by atoms with Crippen LogP contribution in [0.5, 0.6) is 5.75 Å². The van der Waals surface area contributed by atoms with Gasteiger partial charge in [0.05, 0.1) is 6.10 Å². The van der Waals surface area contributed by atoms with Crippen molar-refractivity contribution in [2.24, 2.45) is 0 Å². The summed E-state index contributed by atoms with van der Waals surface area (Å²) >= 11 is 0. The number of rotatable bonds is 3. The summed E-state index contributed by atoms with van der Waals surface area (Å²) in [6.07, 6.45) is 2.09. The third-order valence-corrected chi connectivity index (χ3v) is 3.30. The molecule has 3 aromatic rings. The van der Waals surface area contributed by atoms with Crippen LogP contribution in [0.4, 0.5) is 5.82 Å². The summed E-state index contributed by atoms with van der Waals surface area (Å²) in [5.41, 5.74) is 10.0. The van der Waals surface area contributed by atoms with E-state index in [4.69, 9.17) is 10.5 Å². The molecule has 0 aliphatic heterocycles. The Bertz CT molecular complexity index is 790. The van der Waals surface area contributed by atoms with Gasteiger partial charge in [-0.05, 0) is 50.6 Å². The Kier molecular flexibility index (Phi) is 3.29. The fourth-order valence-electron chi connectivity index (χ4n) is 2.37. The minimum absolute atomic E-state index is 0.140. The second kappa shape index (κ2) is 5.13. The van der Waals surface area contributed by atoms with Crippen LogP contribution in [-0.2, 0) is 0 Å². The van der Waals surface area contributed by atoms with Crippen molar-refractivity contribution in [1.29, 1.82) is 0 Å². The molecule has 0 saturated heterocycles. The third kappa shape index (κ3) is 2.57. The van der Waals surface area contributed by atoms with Crippen molar-refractivity contribution in [1.82, 2.24) is 9.38 Å². The van der Waals surface area contributed by atoms with Crippen molar-refractivity contribution in [2.45, 2.75) is 26.9 Å². The normalized spacial score (nSPS) is 11.2. The number of fused-ring (bicyclic) bond motifs is 1. The summed E-state index contributed by atoms with van der Waals surface area (Å²) in [5, 5.41) is 0. The Balaban J connectivity index is 2.09. The highest BCUT2D eigenvalue weighted by atomic mass is 16.5. The van der Waals surface area contributed by atoms with Gasteiger partial charge in [0.25, 0.3) is 0 Å². The smallest absolute Gasteiger partial charge is 0.139 e. The van der Waals surface area contributed by atoms with Crippen LogP contribution >= 0.6 is 0 Å². The molecule has 0 unspecified atom stereocenters. The fourth-order valence-corrected chi connectivity index (χ4v) is 2.37. The van der Waals surface area contributed by atoms with Crippen molar-refractivity contribution in [3.63, 3.8) is 0 Å². The molecule has 0 fully saturated rings. The van der Waals surface area contributed by atoms with Crippen LogP contribution in [0, 0.1) is 6.92 Å². The maximum atomic E-state index is 6.23. The standard InChI is InChI=1S/C17H19N3O/c1-11(2)21-14-6-4-5-13(10-14)16-17(18)20-8-7-12(3)9-15(20)19-16/h4-11H,18H2,1-3H3. The van der Waals surface area contributed by atoms with E-state index >= 15 is 0 Å². The Morgan fingerprint density at radius 3 is 2.76 bits per heavy atom. The maximum Gasteiger partial charge on any atom is 0.139 e. The molecule has 2 heterocycles. The molecule has 0 spiro atoms. The van der Waals surface area contributed by atoms with Crippen molar-refractivity contribution < 1.29 is 4.74 Å². The minimum atomic E-state index is 0.140. The van der Waals surface area contributed by atoms with Crippen LogP contribution in [-0.4, -0.2) is 15.5 Å². The first-order valence-electron chi connectivity index (χ1n) is 7.06. The van der Waals surface area contributed by atoms with E-state index in [1.807, 2.05) is 67.8 Å². The molecule has 1 aromatic carbocycles. The number of aromatic nitrogens is 2. The van der Waals surface area contributed by atoms with Gasteiger partial charge in [0.1, 0.15) is 22.9 Å². The van der Waals surface area contributed by atoms with E-state index < -0.39 is 0 Å². The number of ether oxygens (including phenoxy) is 1. The SMILES string of the molecule is Cc1ccn2c(N)c(-c3cccc(OC(C)C)c3)nc2c1. The van der Waals surface area contributed by atoms with Gasteiger partial charge in [-0.15, -0.1) is 0 Å². The highest BCUT2D eigenvalue weighted by Crippen LogP contribution is 2.29. The van der Waals surface area contributed by atoms with Gasteiger partial charge in [-0.25, -0.2) is 4.98 Å². The number of pyridine rings is 1. The molecule has 2 N–H and O–H groups in total. The maximum absolute atomic E-state index is 6.23. The molecular weight excluding hydrogens is 262 g/mol. The molecule has 0 aliphatic rings. The predicted molar refractivity (Wildman–Crippen MR) is 85.5 cm³/mol. The van der Waals surface area contributed by atoms with Gasteiger partial charge in [0.2, 0.25) is 0 Å². The van der Waals surface area contributed by atoms with Crippen LogP contribution in [0.25, 0.3) is 16.9 Å². The van der Waals surface area contributed by atoms with Gasteiger partial charge in [-0.2, -0.15) is 0 Å². The van der Waals surface area contributed by atoms with Crippen molar-refractivity contribution in [3.8, 4) is 17.0 Å². The molecule has 108 valence electrons. The molecule has 4 nitrogen and oxygen atoms in total. The molecule has 0 saturated carbocycles. The summed E-state index contributed by atoms with van der Waals surface area (Å²) in [7, 11) is 0. The molecule has 21 heavy (non-hydrogen) atoms. The van der Waals surface area contributed by atoms with E-state index in [0.29, 0.717) is 5.82 Å². The number of hydrogen-bond donors (Lipinski definition) is 1. The number of imidazole rings is 1. The lowest BCUT2D eigenvalue weighted by molar-refractivity contribution is 0.242. The highest BCUT2D eigenvalue weighted by Gasteiger charge is 2.12. The van der Waals surface area contributed by atoms with E-state index in [-0.39, 0.29) is 6.10 Å². The summed E-state index contributed by atoms with van der Waals surface area (Å²) in [6, 6.07) is 11.9. The first-order chi connectivity index (χ1) is 10.0. The fraction of sp³-hybridized carbons (Fsp3) is 0.235. The third-order valence-electron chi connectivity index (χ3n) is 3.30. The molecule has 4 heteroatoms. The molecule has 0 aliphatic carbocycles. The van der Waals surface area contributed by atoms with Crippen LogP contribution in [0.1, 0.15) is 19.4 Å². The second-order valence-electron chi connectivity index (χ2n) is 5.47. The monoisotopic (exact) mass is 281 g/mol. The van der Waals surface area contributed by atoms with Gasteiger partial charge in [-0.1, -0.05) is 12.1 Å². The van der Waals surface area contributed by atoms with Crippen molar-refractivity contribution in [2.75, 3.05) is 5.73 Å². The molecule has 0 amide bonds. The lowest BCUT2D eigenvalue weighted by Crippen LogP contribution is -2.05. The number of benzene rings is 1. The molecule has 0 bridgehead atoms. The minimum Gasteiger partial charge on any atom is -0.491 e. The zero-order chi connectivity index (χ0) is 15.0. The number of nitrogen functional groups attached to an aromatic ring is 1. The second-order valence-corrected chi connectivity index (χ2v) is 5.47. The van der Waals surface area contributed by atoms with E-state index in [9.17, 15) is 0 Å². The summed E-state index contributed by atoms with van der Waals surface area (Å²) < 4.78 is 7.64. The Hall–Kier alpha value is -2.49. The number of aryl methyl sites for hydroxylation is 1. The number of hydrogen-bond acceptors (Lipinski definition) is 3. The molecule has 0 radical (unpaired) electrons. The summed E-state index contributed by atoms with van der Waals surface area (Å²) in [6.45, 7) is 6.06. The Morgan fingerprint density at radius 1 is 1.19 bits per heavy atom. The van der Waals surface area contributed by atoms with E-state index in [0.717, 1.165) is 28.2 Å². The van der Waals surface area contributed by atoms with Gasteiger partial charge >= 0.3 is 0 Å². The highest BCUT2D eigenvalue weighted by molar-refractivity contribution is 5.75. The first-order valence-corrected chi connectivity index (χ1v) is 7.06. The van der Waals surface area contributed by atoms with Gasteiger partial charge in [-0.3, -0.25) is 4.40 Å². The van der Waals surface area contributed by atoms with Crippen LogP contribution in [0.3, 0.4) is 0 Å². The number of nitrogens with zero attached hydrogens (tertiary/aromatic N) is 2. The van der Waals surface area contributed by atoms with Crippen molar-refractivity contribution >= 4 is 11.5 Å². The lowest BCUT2D eigenvalue weighted by Gasteiger charge is -2.10. The predicted octanol–water partition coefficient (Wildman–Crippen LogP) is 3.68. The molecule has 2 aromatic heterocycles. The van der Waals surface area contributed by atoms with Crippen LogP contribution in [0.15, 0.2) is 42.6 Å². The average molecular weight is 281 g/mol. The Morgan fingerprint density at radius 2 is 2.00 bits per heavy atom. The first kappa shape index (κ1) is 13.5. The topological polar surface area (TPSA) is 52.5 Å². The largest absolute Gasteiger partial charge is 0.491 e. The van der Waals surface area contributed by atoms with Crippen LogP contribution < -0.4 is 10.5 Å². The zero-order valence-corrected chi connectivity index (χ0v) is 12.5. The number of nitrogens with two attached hydrogens (primary N) is 1. The summed E-state index contributed by atoms with van der Waals surface area (Å²) in [4.78, 5) is 4.65. The lowest BCUT2D eigenvalue weighted by atomic mass is 10.1. The van der Waals surface area contributed by atoms with Crippen LogP contribution in [0.2, 0.25) is 0 Å². The molecule has 0 atom stereocenters. The van der Waals surface area contributed by atoms with Crippen molar-refractivity contribution in [3.05, 3.63) is 48.2 Å². The zero-order valence-electron chi connectivity index (χ0n) is 12.5. The summed E-state index contributed by atoms with van der Waals surface area (Å²) in [5.74, 6) is 1.47. The number of anilines is 1. The van der Waals surface area contributed by atoms with Gasteiger partial charge in [0, 0.05) is 11.8 Å². The van der Waals surface area contributed by atoms with E-state index in [1.54, 1.807) is 0 Å². The van der Waals surface area contributed by atoms with E-state index in [1.165, 1.54) is 0 Å². The molecular formula is C17H19N3O. The van der Waals surface area contributed by atoms with Gasteiger partial charge < -0.3 is 10.5 Å². The average Bonchev–Trinajstić information content (AvgIpc) is 2.75. The van der Waals surface area contributed by atoms with E-state index in [2.05, 4.69) is 4.98 Å². The van der Waals surface area contributed by atoms with Gasteiger partial charge in [0.15, 0.2) is 0 Å². The Labute approximate surface area is 124 Å².